The SMILES string of the molecule is O=C(Nc1ccc2c(c1)CCN2)c1cc(Cl)cn1C1CC1. The number of amides is 1. The Morgan fingerprint density at radius 1 is 1.33 bits per heavy atom. The van der Waals surface area contributed by atoms with Gasteiger partial charge in [-0.15, -0.1) is 0 Å². The monoisotopic (exact) mass is 301 g/mol. The van der Waals surface area contributed by atoms with Crippen molar-refractivity contribution >= 4 is 28.9 Å². The molecule has 5 heteroatoms. The lowest BCUT2D eigenvalue weighted by Gasteiger charge is -2.09. The highest BCUT2D eigenvalue weighted by atomic mass is 35.5. The number of nitrogens with one attached hydrogen (secondary N) is 2. The Morgan fingerprint density at radius 3 is 3.00 bits per heavy atom. The summed E-state index contributed by atoms with van der Waals surface area (Å²) in [5, 5.41) is 6.91. The van der Waals surface area contributed by atoms with Crippen molar-refractivity contribution in [3.05, 3.63) is 46.7 Å². The quantitative estimate of drug-likeness (QED) is 0.908. The number of fused-ring (bicyclic) bond motifs is 1. The molecule has 1 fully saturated rings. The number of benzene rings is 1. The number of rotatable bonds is 3. The number of anilines is 2. The molecule has 1 saturated carbocycles. The van der Waals surface area contributed by atoms with Gasteiger partial charge in [-0.25, -0.2) is 0 Å². The van der Waals surface area contributed by atoms with Gasteiger partial charge in [0, 0.05) is 30.2 Å². The predicted octanol–water partition coefficient (Wildman–Crippen LogP) is 3.70. The normalized spacial score (nSPS) is 16.4. The minimum absolute atomic E-state index is 0.0975. The van der Waals surface area contributed by atoms with E-state index in [2.05, 4.69) is 10.6 Å². The maximum absolute atomic E-state index is 12.5. The van der Waals surface area contributed by atoms with E-state index in [-0.39, 0.29) is 5.91 Å². The molecule has 2 heterocycles. The van der Waals surface area contributed by atoms with Crippen molar-refractivity contribution < 1.29 is 4.79 Å². The van der Waals surface area contributed by atoms with Gasteiger partial charge in [0.1, 0.15) is 5.69 Å². The molecule has 1 aromatic carbocycles. The summed E-state index contributed by atoms with van der Waals surface area (Å²) in [6.07, 6.45) is 5.09. The first-order valence-corrected chi connectivity index (χ1v) is 7.64. The molecule has 0 atom stereocenters. The molecular weight excluding hydrogens is 286 g/mol. The lowest BCUT2D eigenvalue weighted by molar-refractivity contribution is 0.101. The highest BCUT2D eigenvalue weighted by Crippen LogP contribution is 2.37. The van der Waals surface area contributed by atoms with Gasteiger partial charge in [-0.2, -0.15) is 0 Å². The third-order valence-corrected chi connectivity index (χ3v) is 4.27. The Bertz CT molecular complexity index is 718. The van der Waals surface area contributed by atoms with Crippen LogP contribution in [0.2, 0.25) is 5.02 Å². The number of aromatic nitrogens is 1. The lowest BCUT2D eigenvalue weighted by atomic mass is 10.1. The number of carbonyl (C=O) groups excluding carboxylic acids is 1. The van der Waals surface area contributed by atoms with Gasteiger partial charge in [-0.05, 0) is 49.1 Å². The van der Waals surface area contributed by atoms with Crippen LogP contribution in [-0.2, 0) is 6.42 Å². The van der Waals surface area contributed by atoms with E-state index in [1.165, 1.54) is 5.56 Å². The Balaban J connectivity index is 1.58. The summed E-state index contributed by atoms with van der Waals surface area (Å²) in [5.74, 6) is -0.0975. The molecule has 4 rings (SSSR count). The van der Waals surface area contributed by atoms with Crippen molar-refractivity contribution in [3.8, 4) is 0 Å². The average Bonchev–Trinajstić information content (AvgIpc) is 3.07. The van der Waals surface area contributed by atoms with Crippen LogP contribution < -0.4 is 10.6 Å². The van der Waals surface area contributed by atoms with Crippen LogP contribution in [0.25, 0.3) is 0 Å². The molecule has 0 unspecified atom stereocenters. The van der Waals surface area contributed by atoms with Gasteiger partial charge in [0.15, 0.2) is 0 Å². The summed E-state index contributed by atoms with van der Waals surface area (Å²) in [6.45, 7) is 0.965. The average molecular weight is 302 g/mol. The molecule has 108 valence electrons. The molecule has 21 heavy (non-hydrogen) atoms. The van der Waals surface area contributed by atoms with Gasteiger partial charge in [0.2, 0.25) is 0 Å². The summed E-state index contributed by atoms with van der Waals surface area (Å²) >= 11 is 6.05. The second-order valence-corrected chi connectivity index (χ2v) is 6.12. The molecule has 4 nitrogen and oxygen atoms in total. The van der Waals surface area contributed by atoms with E-state index >= 15 is 0 Å². The zero-order chi connectivity index (χ0) is 14.4. The molecule has 2 N–H and O–H groups in total. The van der Waals surface area contributed by atoms with Crippen LogP contribution in [0.5, 0.6) is 0 Å². The Hall–Kier alpha value is -1.94. The zero-order valence-corrected chi connectivity index (χ0v) is 12.3. The van der Waals surface area contributed by atoms with Crippen LogP contribution >= 0.6 is 11.6 Å². The van der Waals surface area contributed by atoms with E-state index in [9.17, 15) is 4.79 Å². The Labute approximate surface area is 128 Å². The van der Waals surface area contributed by atoms with Gasteiger partial charge in [0.25, 0.3) is 5.91 Å². The summed E-state index contributed by atoms with van der Waals surface area (Å²) in [4.78, 5) is 12.5. The second-order valence-electron chi connectivity index (χ2n) is 5.68. The summed E-state index contributed by atoms with van der Waals surface area (Å²) in [7, 11) is 0. The van der Waals surface area contributed by atoms with E-state index in [0.29, 0.717) is 16.8 Å². The van der Waals surface area contributed by atoms with Crippen LogP contribution in [0.3, 0.4) is 0 Å². The first-order chi connectivity index (χ1) is 10.2. The van der Waals surface area contributed by atoms with Crippen molar-refractivity contribution in [2.24, 2.45) is 0 Å². The molecule has 0 bridgehead atoms. The third kappa shape index (κ3) is 2.40. The van der Waals surface area contributed by atoms with Crippen LogP contribution in [0, 0.1) is 0 Å². The Kier molecular flexibility index (Phi) is 2.93. The maximum Gasteiger partial charge on any atom is 0.272 e. The van der Waals surface area contributed by atoms with Gasteiger partial charge in [0.05, 0.1) is 5.02 Å². The number of halogens is 1. The van der Waals surface area contributed by atoms with E-state index < -0.39 is 0 Å². The maximum atomic E-state index is 12.5. The molecule has 2 aliphatic rings. The van der Waals surface area contributed by atoms with Gasteiger partial charge < -0.3 is 15.2 Å². The number of carbonyl (C=O) groups is 1. The smallest absolute Gasteiger partial charge is 0.272 e. The fourth-order valence-electron chi connectivity index (χ4n) is 2.86. The van der Waals surface area contributed by atoms with Crippen LogP contribution in [0.15, 0.2) is 30.5 Å². The van der Waals surface area contributed by atoms with Crippen molar-refractivity contribution in [2.45, 2.75) is 25.3 Å². The van der Waals surface area contributed by atoms with Crippen LogP contribution in [0.4, 0.5) is 11.4 Å². The second kappa shape index (κ2) is 4.81. The number of nitrogens with zero attached hydrogens (tertiary/aromatic N) is 1. The van der Waals surface area contributed by atoms with Crippen molar-refractivity contribution in [1.82, 2.24) is 4.57 Å². The fraction of sp³-hybridized carbons (Fsp3) is 0.312. The van der Waals surface area contributed by atoms with E-state index in [1.807, 2.05) is 29.0 Å². The highest BCUT2D eigenvalue weighted by molar-refractivity contribution is 6.31. The van der Waals surface area contributed by atoms with Crippen molar-refractivity contribution in [3.63, 3.8) is 0 Å². The first-order valence-electron chi connectivity index (χ1n) is 7.26. The molecule has 1 amide bonds. The topological polar surface area (TPSA) is 46.1 Å². The van der Waals surface area contributed by atoms with E-state index in [0.717, 1.165) is 37.2 Å². The summed E-state index contributed by atoms with van der Waals surface area (Å²) < 4.78 is 1.99. The molecule has 1 aliphatic carbocycles. The molecule has 1 aromatic heterocycles. The summed E-state index contributed by atoms with van der Waals surface area (Å²) in [5.41, 5.74) is 3.89. The van der Waals surface area contributed by atoms with Crippen LogP contribution in [-0.4, -0.2) is 17.0 Å². The molecular formula is C16H16ClN3O. The molecule has 0 spiro atoms. The zero-order valence-electron chi connectivity index (χ0n) is 11.5. The largest absolute Gasteiger partial charge is 0.384 e. The molecule has 1 aliphatic heterocycles. The van der Waals surface area contributed by atoms with Gasteiger partial charge in [-0.1, -0.05) is 11.6 Å². The van der Waals surface area contributed by atoms with Gasteiger partial charge >= 0.3 is 0 Å². The van der Waals surface area contributed by atoms with Crippen LogP contribution in [0.1, 0.15) is 34.9 Å². The Morgan fingerprint density at radius 2 is 2.19 bits per heavy atom. The van der Waals surface area contributed by atoms with E-state index in [1.54, 1.807) is 6.07 Å². The fourth-order valence-corrected chi connectivity index (χ4v) is 3.07. The third-order valence-electron chi connectivity index (χ3n) is 4.06. The van der Waals surface area contributed by atoms with Gasteiger partial charge in [-0.3, -0.25) is 4.79 Å². The van der Waals surface area contributed by atoms with Crippen molar-refractivity contribution in [2.75, 3.05) is 17.2 Å². The lowest BCUT2D eigenvalue weighted by Crippen LogP contribution is -2.16. The number of hydrogen-bond acceptors (Lipinski definition) is 2. The standard InChI is InChI=1S/C16H16ClN3O/c17-11-8-15(20(9-11)13-2-3-13)16(21)19-12-1-4-14-10(7-12)5-6-18-14/h1,4,7-9,13,18H,2-3,5-6H2,(H,19,21). The van der Waals surface area contributed by atoms with E-state index in [4.69, 9.17) is 11.6 Å². The first kappa shape index (κ1) is 12.8. The molecule has 0 saturated heterocycles. The molecule has 0 radical (unpaired) electrons. The molecule has 2 aromatic rings. The highest BCUT2D eigenvalue weighted by Gasteiger charge is 2.28. The summed E-state index contributed by atoms with van der Waals surface area (Å²) in [6, 6.07) is 8.16. The van der Waals surface area contributed by atoms with Crippen molar-refractivity contribution in [1.29, 1.82) is 0 Å². The minimum atomic E-state index is -0.0975. The number of hydrogen-bond donors (Lipinski definition) is 2. The predicted molar refractivity (Wildman–Crippen MR) is 84.3 cm³/mol. The minimum Gasteiger partial charge on any atom is -0.384 e.